The second kappa shape index (κ2) is 6.47. The van der Waals surface area contributed by atoms with E-state index in [-0.39, 0.29) is 5.60 Å². The van der Waals surface area contributed by atoms with Gasteiger partial charge in [-0.25, -0.2) is 0 Å². The van der Waals surface area contributed by atoms with Crippen molar-refractivity contribution in [3.05, 3.63) is 23.8 Å². The van der Waals surface area contributed by atoms with Crippen LogP contribution in [0, 0.1) is 0 Å². The normalized spacial score (nSPS) is 23.9. The van der Waals surface area contributed by atoms with E-state index in [4.69, 9.17) is 9.47 Å². The number of ether oxygens (including phenoxy) is 2. The maximum absolute atomic E-state index is 6.51. The van der Waals surface area contributed by atoms with Gasteiger partial charge in [0.05, 0.1) is 12.2 Å². The Morgan fingerprint density at radius 3 is 2.82 bits per heavy atom. The molecule has 2 aliphatic heterocycles. The number of nitrogens with one attached hydrogen (secondary N) is 1. The summed E-state index contributed by atoms with van der Waals surface area (Å²) in [6, 6.07) is 6.51. The smallest absolute Gasteiger partial charge is 0.128 e. The minimum absolute atomic E-state index is 0.0173. The highest BCUT2D eigenvalue weighted by atomic mass is 16.5. The molecule has 0 aliphatic carbocycles. The van der Waals surface area contributed by atoms with E-state index in [0.29, 0.717) is 6.04 Å². The van der Waals surface area contributed by atoms with Crippen LogP contribution in [0.2, 0.25) is 0 Å². The molecule has 2 heterocycles. The lowest BCUT2D eigenvalue weighted by Gasteiger charge is -2.46. The Morgan fingerprint density at radius 1 is 1.36 bits per heavy atom. The Morgan fingerprint density at radius 2 is 2.14 bits per heavy atom. The monoisotopic (exact) mass is 304 g/mol. The average Bonchev–Trinajstić information content (AvgIpc) is 2.55. The van der Waals surface area contributed by atoms with Crippen LogP contribution in [0.4, 0.5) is 0 Å². The molecule has 2 aliphatic rings. The fourth-order valence-electron chi connectivity index (χ4n) is 3.62. The van der Waals surface area contributed by atoms with Gasteiger partial charge in [-0.1, -0.05) is 13.0 Å². The number of piperidine rings is 1. The Bertz CT molecular complexity index is 510. The summed E-state index contributed by atoms with van der Waals surface area (Å²) in [5.74, 6) is 1.98. The van der Waals surface area contributed by atoms with Crippen LogP contribution in [0.1, 0.15) is 44.2 Å². The first-order valence-electron chi connectivity index (χ1n) is 8.48. The molecule has 1 aromatic rings. The maximum atomic E-state index is 6.51. The summed E-state index contributed by atoms with van der Waals surface area (Å²) in [7, 11) is 4.23. The fraction of sp³-hybridized carbons (Fsp3) is 0.667. The van der Waals surface area contributed by atoms with E-state index in [2.05, 4.69) is 36.3 Å². The molecule has 0 aromatic heterocycles. The summed E-state index contributed by atoms with van der Waals surface area (Å²) in [6.07, 6.45) is 4.24. The first-order chi connectivity index (χ1) is 10.7. The largest absolute Gasteiger partial charge is 0.493 e. The molecule has 4 nitrogen and oxygen atoms in total. The van der Waals surface area contributed by atoms with Crippen LogP contribution >= 0.6 is 0 Å². The molecule has 22 heavy (non-hydrogen) atoms. The highest BCUT2D eigenvalue weighted by molar-refractivity contribution is 5.49. The molecule has 0 radical (unpaired) electrons. The predicted molar refractivity (Wildman–Crippen MR) is 88.7 cm³/mol. The molecule has 3 rings (SSSR count). The zero-order chi connectivity index (χ0) is 15.6. The molecule has 1 spiro atoms. The highest BCUT2D eigenvalue weighted by Gasteiger charge is 2.43. The van der Waals surface area contributed by atoms with Gasteiger partial charge in [0.15, 0.2) is 0 Å². The quantitative estimate of drug-likeness (QED) is 0.927. The number of nitrogens with zero attached hydrogens (tertiary/aromatic N) is 1. The maximum Gasteiger partial charge on any atom is 0.128 e. The van der Waals surface area contributed by atoms with Gasteiger partial charge in [-0.15, -0.1) is 0 Å². The minimum Gasteiger partial charge on any atom is -0.493 e. The van der Waals surface area contributed by atoms with Crippen molar-refractivity contribution in [1.82, 2.24) is 10.2 Å². The summed E-state index contributed by atoms with van der Waals surface area (Å²) in [5, 5.41) is 3.49. The van der Waals surface area contributed by atoms with Gasteiger partial charge in [-0.05, 0) is 45.5 Å². The molecular weight excluding hydrogens is 276 g/mol. The third kappa shape index (κ3) is 2.95. The van der Waals surface area contributed by atoms with E-state index in [9.17, 15) is 0 Å². The van der Waals surface area contributed by atoms with Crippen molar-refractivity contribution in [1.29, 1.82) is 0 Å². The lowest BCUT2D eigenvalue weighted by molar-refractivity contribution is -0.0202. The van der Waals surface area contributed by atoms with Crippen LogP contribution < -0.4 is 14.8 Å². The van der Waals surface area contributed by atoms with E-state index < -0.39 is 0 Å². The van der Waals surface area contributed by atoms with Gasteiger partial charge in [0.2, 0.25) is 0 Å². The van der Waals surface area contributed by atoms with Crippen LogP contribution in [-0.4, -0.2) is 44.3 Å². The van der Waals surface area contributed by atoms with Crippen molar-refractivity contribution in [2.45, 2.75) is 44.2 Å². The topological polar surface area (TPSA) is 33.7 Å². The lowest BCUT2D eigenvalue weighted by atomic mass is 9.80. The summed E-state index contributed by atoms with van der Waals surface area (Å²) >= 11 is 0. The zero-order valence-corrected chi connectivity index (χ0v) is 14.0. The van der Waals surface area contributed by atoms with Crippen molar-refractivity contribution in [3.8, 4) is 11.5 Å². The molecule has 1 aromatic carbocycles. The summed E-state index contributed by atoms with van der Waals surface area (Å²) < 4.78 is 12.5. The average molecular weight is 304 g/mol. The van der Waals surface area contributed by atoms with E-state index in [1.807, 2.05) is 13.1 Å². The molecule has 1 fully saturated rings. The van der Waals surface area contributed by atoms with E-state index in [1.165, 1.54) is 5.56 Å². The van der Waals surface area contributed by atoms with Crippen LogP contribution in [-0.2, 0) is 0 Å². The highest BCUT2D eigenvalue weighted by Crippen LogP contribution is 2.47. The summed E-state index contributed by atoms with van der Waals surface area (Å²) in [6.45, 7) is 5.10. The van der Waals surface area contributed by atoms with Crippen molar-refractivity contribution in [2.24, 2.45) is 0 Å². The van der Waals surface area contributed by atoms with Crippen LogP contribution in [0.5, 0.6) is 11.5 Å². The first-order valence-corrected chi connectivity index (χ1v) is 8.48. The van der Waals surface area contributed by atoms with Gasteiger partial charge >= 0.3 is 0 Å². The SMILES string of the molecule is CCCOc1cccc2c1C(NC)CC1(CCN(C)CC1)O2. The van der Waals surface area contributed by atoms with Crippen molar-refractivity contribution in [3.63, 3.8) is 0 Å². The number of likely N-dealkylation sites (tertiary alicyclic amines) is 1. The van der Waals surface area contributed by atoms with Gasteiger partial charge in [-0.2, -0.15) is 0 Å². The van der Waals surface area contributed by atoms with Gasteiger partial charge in [0.25, 0.3) is 0 Å². The third-order valence-corrected chi connectivity index (χ3v) is 4.99. The summed E-state index contributed by atoms with van der Waals surface area (Å²) in [4.78, 5) is 2.39. The molecule has 0 saturated carbocycles. The van der Waals surface area contributed by atoms with Crippen LogP contribution in [0.25, 0.3) is 0 Å². The van der Waals surface area contributed by atoms with Crippen molar-refractivity contribution >= 4 is 0 Å². The molecule has 1 N–H and O–H groups in total. The summed E-state index contributed by atoms with van der Waals surface area (Å²) in [5.41, 5.74) is 1.18. The van der Waals surface area contributed by atoms with Gasteiger partial charge in [0, 0.05) is 25.6 Å². The Balaban J connectivity index is 1.89. The van der Waals surface area contributed by atoms with E-state index in [0.717, 1.165) is 56.9 Å². The minimum atomic E-state index is -0.0173. The van der Waals surface area contributed by atoms with Gasteiger partial charge < -0.3 is 19.7 Å². The van der Waals surface area contributed by atoms with Gasteiger partial charge in [0.1, 0.15) is 17.1 Å². The zero-order valence-electron chi connectivity index (χ0n) is 14.0. The molecule has 1 saturated heterocycles. The number of hydrogen-bond donors (Lipinski definition) is 1. The molecule has 0 amide bonds. The molecule has 122 valence electrons. The van der Waals surface area contributed by atoms with Crippen molar-refractivity contribution < 1.29 is 9.47 Å². The Hall–Kier alpha value is -1.26. The molecular formula is C18H28N2O2. The van der Waals surface area contributed by atoms with E-state index >= 15 is 0 Å². The number of fused-ring (bicyclic) bond motifs is 1. The second-order valence-corrected chi connectivity index (χ2v) is 6.65. The molecule has 1 unspecified atom stereocenters. The van der Waals surface area contributed by atoms with Crippen molar-refractivity contribution in [2.75, 3.05) is 33.8 Å². The fourth-order valence-corrected chi connectivity index (χ4v) is 3.62. The predicted octanol–water partition coefficient (Wildman–Crippen LogP) is 2.98. The second-order valence-electron chi connectivity index (χ2n) is 6.65. The number of rotatable bonds is 4. The van der Waals surface area contributed by atoms with E-state index in [1.54, 1.807) is 0 Å². The van der Waals surface area contributed by atoms with Gasteiger partial charge in [-0.3, -0.25) is 0 Å². The Kier molecular flexibility index (Phi) is 4.59. The lowest BCUT2D eigenvalue weighted by Crippen LogP contribution is -2.50. The first kappa shape index (κ1) is 15.6. The molecule has 0 bridgehead atoms. The molecule has 1 atom stereocenters. The van der Waals surface area contributed by atoms with Crippen LogP contribution in [0.15, 0.2) is 18.2 Å². The Labute approximate surface area is 133 Å². The van der Waals surface area contributed by atoms with Crippen LogP contribution in [0.3, 0.4) is 0 Å². The number of benzene rings is 1. The third-order valence-electron chi connectivity index (χ3n) is 4.99. The standard InChI is InChI=1S/C18H28N2O2/c1-4-12-21-15-6-5-7-16-17(15)14(19-2)13-18(22-16)8-10-20(3)11-9-18/h5-7,14,19H,4,8-13H2,1-3H3. The molecule has 4 heteroatoms. The number of hydrogen-bond acceptors (Lipinski definition) is 4.